The molecule has 0 fully saturated rings. The summed E-state index contributed by atoms with van der Waals surface area (Å²) in [5, 5.41) is 0. The molecule has 0 aliphatic heterocycles. The van der Waals surface area contributed by atoms with Crippen LogP contribution in [0.3, 0.4) is 0 Å². The van der Waals surface area contributed by atoms with Crippen molar-refractivity contribution in [3.8, 4) is 0 Å². The van der Waals surface area contributed by atoms with E-state index >= 15 is 0 Å². The summed E-state index contributed by atoms with van der Waals surface area (Å²) in [6, 6.07) is 0. The van der Waals surface area contributed by atoms with Crippen molar-refractivity contribution in [2.45, 2.75) is 32.6 Å². The minimum Gasteiger partial charge on any atom is -0.366 e. The summed E-state index contributed by atoms with van der Waals surface area (Å²) in [5.41, 5.74) is 15.7. The summed E-state index contributed by atoms with van der Waals surface area (Å²) in [7, 11) is 0. The second kappa shape index (κ2) is 12.1. The van der Waals surface area contributed by atoms with Gasteiger partial charge in [0.05, 0.1) is 0 Å². The van der Waals surface area contributed by atoms with E-state index < -0.39 is 5.91 Å². The highest BCUT2D eigenvalue weighted by Crippen LogP contribution is 1.95. The summed E-state index contributed by atoms with van der Waals surface area (Å²) in [6.45, 7) is 6.50. The largest absolute Gasteiger partial charge is 0.366 e. The SMILES string of the molecule is C=C(C)C(N)=O.NCCCCCCN. The van der Waals surface area contributed by atoms with Gasteiger partial charge in [0.15, 0.2) is 0 Å². The van der Waals surface area contributed by atoms with Crippen LogP contribution in [0.4, 0.5) is 0 Å². The maximum Gasteiger partial charge on any atom is 0.243 e. The molecule has 1 amide bonds. The smallest absolute Gasteiger partial charge is 0.243 e. The Bertz CT molecular complexity index is 139. The van der Waals surface area contributed by atoms with Crippen LogP contribution in [0, 0.1) is 0 Å². The molecule has 4 heteroatoms. The van der Waals surface area contributed by atoms with E-state index in [9.17, 15) is 4.79 Å². The van der Waals surface area contributed by atoms with Gasteiger partial charge in [0, 0.05) is 5.57 Å². The zero-order valence-corrected chi connectivity index (χ0v) is 9.09. The molecular weight excluding hydrogens is 178 g/mol. The van der Waals surface area contributed by atoms with Gasteiger partial charge in [-0.25, -0.2) is 0 Å². The topological polar surface area (TPSA) is 95.1 Å². The van der Waals surface area contributed by atoms with Gasteiger partial charge in [-0.3, -0.25) is 4.79 Å². The molecule has 0 bridgehead atoms. The van der Waals surface area contributed by atoms with Crippen LogP contribution in [0.1, 0.15) is 32.6 Å². The highest BCUT2D eigenvalue weighted by atomic mass is 16.1. The maximum atomic E-state index is 9.82. The number of carbonyl (C=O) groups is 1. The lowest BCUT2D eigenvalue weighted by Crippen LogP contribution is -2.10. The Balaban J connectivity index is 0. The van der Waals surface area contributed by atoms with Crippen molar-refractivity contribution in [2.24, 2.45) is 17.2 Å². The molecule has 0 atom stereocenters. The maximum absolute atomic E-state index is 9.82. The third-order valence-electron chi connectivity index (χ3n) is 1.58. The van der Waals surface area contributed by atoms with Gasteiger partial charge in [0.1, 0.15) is 0 Å². The molecular formula is C10H23N3O. The lowest BCUT2D eigenvalue weighted by molar-refractivity contribution is -0.114. The first-order chi connectivity index (χ1) is 6.56. The molecule has 0 unspecified atom stereocenters. The van der Waals surface area contributed by atoms with E-state index in [0.29, 0.717) is 5.57 Å². The van der Waals surface area contributed by atoms with Crippen molar-refractivity contribution in [1.82, 2.24) is 0 Å². The Morgan fingerprint density at radius 2 is 1.36 bits per heavy atom. The number of rotatable bonds is 6. The highest BCUT2D eigenvalue weighted by Gasteiger charge is 1.86. The van der Waals surface area contributed by atoms with Crippen molar-refractivity contribution in [2.75, 3.05) is 13.1 Å². The first-order valence-corrected chi connectivity index (χ1v) is 4.91. The van der Waals surface area contributed by atoms with E-state index in [4.69, 9.17) is 17.2 Å². The number of primary amides is 1. The third-order valence-corrected chi connectivity index (χ3v) is 1.58. The minimum absolute atomic E-state index is 0.398. The van der Waals surface area contributed by atoms with Crippen molar-refractivity contribution in [1.29, 1.82) is 0 Å². The molecule has 0 aromatic rings. The molecule has 4 nitrogen and oxygen atoms in total. The quantitative estimate of drug-likeness (QED) is 0.431. The fourth-order valence-electron chi connectivity index (χ4n) is 0.642. The molecule has 0 rings (SSSR count). The average molecular weight is 201 g/mol. The van der Waals surface area contributed by atoms with Crippen LogP contribution in [0.25, 0.3) is 0 Å². The lowest BCUT2D eigenvalue weighted by Gasteiger charge is -1.94. The number of nitrogens with two attached hydrogens (primary N) is 3. The normalized spacial score (nSPS) is 8.79. The molecule has 6 N–H and O–H groups in total. The Hall–Kier alpha value is -0.870. The summed E-state index contributed by atoms with van der Waals surface area (Å²) in [6.07, 6.45) is 4.79. The number of carbonyl (C=O) groups excluding carboxylic acids is 1. The Kier molecular flexibility index (Phi) is 13.5. The van der Waals surface area contributed by atoms with Crippen LogP contribution >= 0.6 is 0 Å². The summed E-state index contributed by atoms with van der Waals surface area (Å²) in [5.74, 6) is -0.435. The molecule has 0 aromatic carbocycles. The third kappa shape index (κ3) is 17.3. The van der Waals surface area contributed by atoms with E-state index in [2.05, 4.69) is 6.58 Å². The molecule has 0 aliphatic rings. The predicted octanol–water partition coefficient (Wildman–Crippen LogP) is 0.512. The fraction of sp³-hybridized carbons (Fsp3) is 0.700. The van der Waals surface area contributed by atoms with Crippen molar-refractivity contribution >= 4 is 5.91 Å². The Morgan fingerprint density at radius 3 is 1.50 bits per heavy atom. The van der Waals surface area contributed by atoms with E-state index in [1.165, 1.54) is 12.8 Å². The molecule has 0 heterocycles. The van der Waals surface area contributed by atoms with E-state index in [1.807, 2.05) is 0 Å². The molecule has 0 spiro atoms. The summed E-state index contributed by atoms with van der Waals surface area (Å²) in [4.78, 5) is 9.82. The summed E-state index contributed by atoms with van der Waals surface area (Å²) < 4.78 is 0. The van der Waals surface area contributed by atoms with Crippen LogP contribution < -0.4 is 17.2 Å². The van der Waals surface area contributed by atoms with Gasteiger partial charge >= 0.3 is 0 Å². The molecule has 0 saturated carbocycles. The van der Waals surface area contributed by atoms with E-state index in [0.717, 1.165) is 25.9 Å². The predicted molar refractivity (Wildman–Crippen MR) is 60.6 cm³/mol. The van der Waals surface area contributed by atoms with Gasteiger partial charge in [0.2, 0.25) is 5.91 Å². The van der Waals surface area contributed by atoms with Crippen molar-refractivity contribution in [3.05, 3.63) is 12.2 Å². The highest BCUT2D eigenvalue weighted by molar-refractivity contribution is 5.90. The molecule has 14 heavy (non-hydrogen) atoms. The fourth-order valence-corrected chi connectivity index (χ4v) is 0.642. The van der Waals surface area contributed by atoms with Crippen LogP contribution in [0.5, 0.6) is 0 Å². The standard InChI is InChI=1S/C6H16N2.C4H7NO/c7-5-3-1-2-4-6-8;1-3(2)4(5)6/h1-8H2;1H2,2H3,(H2,5,6). The zero-order chi connectivity index (χ0) is 11.4. The molecule has 84 valence electrons. The van der Waals surface area contributed by atoms with Crippen molar-refractivity contribution in [3.63, 3.8) is 0 Å². The molecule has 0 aliphatic carbocycles. The van der Waals surface area contributed by atoms with Gasteiger partial charge in [-0.15, -0.1) is 0 Å². The van der Waals surface area contributed by atoms with Gasteiger partial charge in [-0.1, -0.05) is 19.4 Å². The van der Waals surface area contributed by atoms with Gasteiger partial charge in [-0.05, 0) is 32.9 Å². The number of unbranched alkanes of at least 4 members (excludes halogenated alkanes) is 3. The van der Waals surface area contributed by atoms with Crippen LogP contribution in [-0.4, -0.2) is 19.0 Å². The average Bonchev–Trinajstić information content (AvgIpc) is 2.13. The van der Waals surface area contributed by atoms with E-state index in [-0.39, 0.29) is 0 Å². The Labute approximate surface area is 86.5 Å². The Morgan fingerprint density at radius 1 is 1.07 bits per heavy atom. The second-order valence-electron chi connectivity index (χ2n) is 3.14. The molecule has 0 saturated heterocycles. The van der Waals surface area contributed by atoms with Gasteiger partial charge in [0.25, 0.3) is 0 Å². The van der Waals surface area contributed by atoms with Gasteiger partial charge in [-0.2, -0.15) is 0 Å². The summed E-state index contributed by atoms with van der Waals surface area (Å²) >= 11 is 0. The lowest BCUT2D eigenvalue weighted by atomic mass is 10.2. The van der Waals surface area contributed by atoms with Crippen molar-refractivity contribution < 1.29 is 4.79 Å². The zero-order valence-electron chi connectivity index (χ0n) is 9.09. The minimum atomic E-state index is -0.435. The van der Waals surface area contributed by atoms with Gasteiger partial charge < -0.3 is 17.2 Å². The van der Waals surface area contributed by atoms with Crippen LogP contribution in [-0.2, 0) is 4.79 Å². The molecule has 0 aromatic heterocycles. The first kappa shape index (κ1) is 15.6. The first-order valence-electron chi connectivity index (χ1n) is 4.91. The second-order valence-corrected chi connectivity index (χ2v) is 3.14. The molecule has 0 radical (unpaired) electrons. The number of hydrogen-bond donors (Lipinski definition) is 3. The monoisotopic (exact) mass is 201 g/mol. The van der Waals surface area contributed by atoms with Crippen LogP contribution in [0.2, 0.25) is 0 Å². The number of amides is 1. The number of hydrogen-bond acceptors (Lipinski definition) is 3. The van der Waals surface area contributed by atoms with E-state index in [1.54, 1.807) is 6.92 Å². The van der Waals surface area contributed by atoms with Crippen LogP contribution in [0.15, 0.2) is 12.2 Å².